The number of fused-ring (bicyclic) bond motifs is 1. The fraction of sp³-hybridized carbons (Fsp3) is 0.700. The van der Waals surface area contributed by atoms with Crippen LogP contribution in [-0.2, 0) is 42.1 Å². The average molecular weight is 405 g/mol. The zero-order chi connectivity index (χ0) is 20.8. The zero-order valence-electron chi connectivity index (χ0n) is 17.7. The summed E-state index contributed by atoms with van der Waals surface area (Å²) in [6.45, 7) is 7.70. The molecule has 0 N–H and O–H groups in total. The molecular formula is C20H32N6O3. The molecule has 1 atom stereocenters. The van der Waals surface area contributed by atoms with Crippen molar-refractivity contribution in [1.82, 2.24) is 29.0 Å². The lowest BCUT2D eigenvalue weighted by molar-refractivity contribution is -0.132. The van der Waals surface area contributed by atoms with Crippen molar-refractivity contribution in [3.63, 3.8) is 0 Å². The molecule has 1 aliphatic rings. The molecule has 3 heterocycles. The Hall–Kier alpha value is -2.42. The van der Waals surface area contributed by atoms with E-state index in [1.165, 1.54) is 4.68 Å². The Morgan fingerprint density at radius 1 is 1.34 bits per heavy atom. The SMILES string of the molecule is CCN(Cc1cnn(CC)c1)C(=O)CC1CCc2nn(CCOC)c(=O)n2CC1. The van der Waals surface area contributed by atoms with Crippen LogP contribution in [0.2, 0.25) is 0 Å². The summed E-state index contributed by atoms with van der Waals surface area (Å²) < 4.78 is 10.2. The third-order valence-corrected chi connectivity index (χ3v) is 5.63. The summed E-state index contributed by atoms with van der Waals surface area (Å²) in [4.78, 5) is 27.3. The summed E-state index contributed by atoms with van der Waals surface area (Å²) in [5.41, 5.74) is 0.979. The van der Waals surface area contributed by atoms with E-state index in [4.69, 9.17) is 4.74 Å². The number of amides is 1. The molecule has 160 valence electrons. The van der Waals surface area contributed by atoms with Crippen LogP contribution in [0.25, 0.3) is 0 Å². The van der Waals surface area contributed by atoms with E-state index in [0.29, 0.717) is 39.2 Å². The summed E-state index contributed by atoms with van der Waals surface area (Å²) in [6, 6.07) is 0. The summed E-state index contributed by atoms with van der Waals surface area (Å²) in [5, 5.41) is 8.75. The van der Waals surface area contributed by atoms with Gasteiger partial charge in [0, 0.05) is 57.9 Å². The standard InChI is InChI=1S/C20H32N6O3/c1-4-23(14-17-13-21-24(5-2)15-17)19(27)12-16-6-7-18-22-26(10-11-29-3)20(28)25(18)9-8-16/h13,15-16H,4-12,14H2,1-3H3. The van der Waals surface area contributed by atoms with E-state index in [1.807, 2.05) is 35.8 Å². The van der Waals surface area contributed by atoms with Gasteiger partial charge in [0.2, 0.25) is 5.91 Å². The topological polar surface area (TPSA) is 87.2 Å². The molecule has 0 spiro atoms. The van der Waals surface area contributed by atoms with Crippen molar-refractivity contribution in [3.05, 3.63) is 34.3 Å². The van der Waals surface area contributed by atoms with Gasteiger partial charge in [-0.1, -0.05) is 0 Å². The molecule has 0 aliphatic carbocycles. The van der Waals surface area contributed by atoms with E-state index in [1.54, 1.807) is 11.7 Å². The average Bonchev–Trinajstić information content (AvgIpc) is 3.24. The molecule has 29 heavy (non-hydrogen) atoms. The first-order valence-electron chi connectivity index (χ1n) is 10.5. The van der Waals surface area contributed by atoms with Gasteiger partial charge < -0.3 is 9.64 Å². The Labute approximate surface area is 171 Å². The molecular weight excluding hydrogens is 372 g/mol. The van der Waals surface area contributed by atoms with Gasteiger partial charge in [0.25, 0.3) is 0 Å². The molecule has 0 aromatic carbocycles. The number of hydrogen-bond acceptors (Lipinski definition) is 5. The Balaban J connectivity index is 1.57. The van der Waals surface area contributed by atoms with Crippen LogP contribution in [0.3, 0.4) is 0 Å². The predicted octanol–water partition coefficient (Wildman–Crippen LogP) is 1.30. The number of nitrogens with zero attached hydrogens (tertiary/aromatic N) is 6. The van der Waals surface area contributed by atoms with Crippen molar-refractivity contribution in [3.8, 4) is 0 Å². The van der Waals surface area contributed by atoms with Gasteiger partial charge in [0.15, 0.2) is 0 Å². The van der Waals surface area contributed by atoms with Gasteiger partial charge >= 0.3 is 5.69 Å². The Morgan fingerprint density at radius 3 is 2.86 bits per heavy atom. The Kier molecular flexibility index (Phi) is 7.24. The highest BCUT2D eigenvalue weighted by molar-refractivity contribution is 5.76. The molecule has 0 saturated heterocycles. The van der Waals surface area contributed by atoms with Crippen molar-refractivity contribution in [1.29, 1.82) is 0 Å². The molecule has 1 aliphatic heterocycles. The molecule has 0 bridgehead atoms. The summed E-state index contributed by atoms with van der Waals surface area (Å²) >= 11 is 0. The van der Waals surface area contributed by atoms with Crippen LogP contribution in [0.4, 0.5) is 0 Å². The van der Waals surface area contributed by atoms with Gasteiger partial charge in [-0.15, -0.1) is 0 Å². The fourth-order valence-corrected chi connectivity index (χ4v) is 3.85. The molecule has 1 amide bonds. The molecule has 0 fully saturated rings. The summed E-state index contributed by atoms with van der Waals surface area (Å²) in [5.74, 6) is 1.25. The molecule has 0 saturated carbocycles. The van der Waals surface area contributed by atoms with Crippen LogP contribution < -0.4 is 5.69 Å². The molecule has 0 radical (unpaired) electrons. The minimum Gasteiger partial charge on any atom is -0.383 e. The number of aromatic nitrogens is 5. The molecule has 1 unspecified atom stereocenters. The Morgan fingerprint density at radius 2 is 2.17 bits per heavy atom. The zero-order valence-corrected chi connectivity index (χ0v) is 17.7. The van der Waals surface area contributed by atoms with Crippen molar-refractivity contribution in [2.45, 2.75) is 65.7 Å². The number of rotatable bonds is 9. The number of carbonyl (C=O) groups is 1. The van der Waals surface area contributed by atoms with Gasteiger partial charge in [-0.3, -0.25) is 14.0 Å². The largest absolute Gasteiger partial charge is 0.383 e. The first-order valence-corrected chi connectivity index (χ1v) is 10.5. The second-order valence-electron chi connectivity index (χ2n) is 7.58. The highest BCUT2D eigenvalue weighted by Crippen LogP contribution is 2.22. The van der Waals surface area contributed by atoms with E-state index in [0.717, 1.165) is 37.2 Å². The number of aryl methyl sites for hydroxylation is 2. The van der Waals surface area contributed by atoms with E-state index in [2.05, 4.69) is 10.2 Å². The van der Waals surface area contributed by atoms with Gasteiger partial charge in [-0.25, -0.2) is 9.48 Å². The smallest absolute Gasteiger partial charge is 0.345 e. The van der Waals surface area contributed by atoms with Crippen molar-refractivity contribution in [2.75, 3.05) is 20.3 Å². The van der Waals surface area contributed by atoms with E-state index < -0.39 is 0 Å². The van der Waals surface area contributed by atoms with E-state index in [-0.39, 0.29) is 17.5 Å². The maximum atomic E-state index is 12.9. The first-order chi connectivity index (χ1) is 14.0. The third kappa shape index (κ3) is 5.14. The minimum atomic E-state index is -0.0767. The molecule has 9 heteroatoms. The molecule has 9 nitrogen and oxygen atoms in total. The van der Waals surface area contributed by atoms with Crippen LogP contribution in [0.1, 0.15) is 44.5 Å². The summed E-state index contributed by atoms with van der Waals surface area (Å²) in [6.07, 6.45) is 6.76. The van der Waals surface area contributed by atoms with Gasteiger partial charge in [-0.2, -0.15) is 10.2 Å². The van der Waals surface area contributed by atoms with Gasteiger partial charge in [-0.05, 0) is 32.6 Å². The lowest BCUT2D eigenvalue weighted by Gasteiger charge is -2.23. The number of methoxy groups -OCH3 is 1. The normalized spacial score (nSPS) is 16.4. The second kappa shape index (κ2) is 9.87. The lowest BCUT2D eigenvalue weighted by Crippen LogP contribution is -2.32. The van der Waals surface area contributed by atoms with Crippen molar-refractivity contribution < 1.29 is 9.53 Å². The maximum absolute atomic E-state index is 12.9. The highest BCUT2D eigenvalue weighted by Gasteiger charge is 2.24. The monoisotopic (exact) mass is 404 g/mol. The first kappa shape index (κ1) is 21.3. The Bertz CT molecular complexity index is 868. The maximum Gasteiger partial charge on any atom is 0.345 e. The van der Waals surface area contributed by atoms with Crippen molar-refractivity contribution in [2.24, 2.45) is 5.92 Å². The quantitative estimate of drug-likeness (QED) is 0.629. The van der Waals surface area contributed by atoms with Crippen LogP contribution >= 0.6 is 0 Å². The van der Waals surface area contributed by atoms with Gasteiger partial charge in [0.1, 0.15) is 5.82 Å². The minimum absolute atomic E-state index is 0.0767. The number of hydrogen-bond donors (Lipinski definition) is 0. The van der Waals surface area contributed by atoms with Crippen molar-refractivity contribution >= 4 is 5.91 Å². The molecule has 3 rings (SSSR count). The number of ether oxygens (including phenoxy) is 1. The molecule has 2 aromatic heterocycles. The lowest BCUT2D eigenvalue weighted by atomic mass is 9.96. The summed E-state index contributed by atoms with van der Waals surface area (Å²) in [7, 11) is 1.61. The highest BCUT2D eigenvalue weighted by atomic mass is 16.5. The van der Waals surface area contributed by atoms with E-state index >= 15 is 0 Å². The van der Waals surface area contributed by atoms with E-state index in [9.17, 15) is 9.59 Å². The van der Waals surface area contributed by atoms with Crippen LogP contribution in [0.15, 0.2) is 17.2 Å². The third-order valence-electron chi connectivity index (χ3n) is 5.63. The second-order valence-corrected chi connectivity index (χ2v) is 7.58. The van der Waals surface area contributed by atoms with Gasteiger partial charge in [0.05, 0.1) is 19.3 Å². The fourth-order valence-electron chi connectivity index (χ4n) is 3.85. The number of carbonyl (C=O) groups excluding carboxylic acids is 1. The van der Waals surface area contributed by atoms with Crippen LogP contribution in [0.5, 0.6) is 0 Å². The predicted molar refractivity (Wildman–Crippen MR) is 108 cm³/mol. The van der Waals surface area contributed by atoms with Crippen LogP contribution in [-0.4, -0.2) is 55.2 Å². The van der Waals surface area contributed by atoms with Crippen LogP contribution in [0, 0.1) is 5.92 Å². The molecule has 2 aromatic rings.